The molecule has 0 unspecified atom stereocenters. The SMILES string of the molecule is Cc1ccc(-c2noc(COC(=O)c3cnc4n(c3=O)CCS4)n2)cc1F. The van der Waals surface area contributed by atoms with E-state index in [4.69, 9.17) is 9.26 Å². The van der Waals surface area contributed by atoms with Gasteiger partial charge in [-0.3, -0.25) is 9.36 Å². The molecule has 0 atom stereocenters. The van der Waals surface area contributed by atoms with Crippen LogP contribution in [0.4, 0.5) is 4.39 Å². The van der Waals surface area contributed by atoms with Crippen molar-refractivity contribution in [2.24, 2.45) is 0 Å². The Morgan fingerprint density at radius 3 is 3.11 bits per heavy atom. The zero-order valence-electron chi connectivity index (χ0n) is 14.1. The number of ether oxygens (including phenoxy) is 1. The number of hydrogen-bond acceptors (Lipinski definition) is 8. The molecule has 0 radical (unpaired) electrons. The number of benzene rings is 1. The number of thioether (sulfide) groups is 1. The maximum absolute atomic E-state index is 13.7. The van der Waals surface area contributed by atoms with Crippen molar-refractivity contribution < 1.29 is 18.4 Å². The Morgan fingerprint density at radius 1 is 1.44 bits per heavy atom. The largest absolute Gasteiger partial charge is 0.452 e. The summed E-state index contributed by atoms with van der Waals surface area (Å²) in [6.07, 6.45) is 1.21. The second-order valence-electron chi connectivity index (χ2n) is 5.81. The number of hydrogen-bond donors (Lipinski definition) is 0. The zero-order valence-corrected chi connectivity index (χ0v) is 15.0. The molecule has 138 valence electrons. The number of carbonyl (C=O) groups is 1. The Balaban J connectivity index is 1.47. The number of fused-ring (bicyclic) bond motifs is 1. The van der Waals surface area contributed by atoms with Gasteiger partial charge in [-0.15, -0.1) is 0 Å². The first-order valence-corrected chi connectivity index (χ1v) is 9.00. The molecule has 3 heterocycles. The summed E-state index contributed by atoms with van der Waals surface area (Å²) in [6, 6.07) is 4.56. The summed E-state index contributed by atoms with van der Waals surface area (Å²) < 4.78 is 25.2. The molecule has 1 aliphatic heterocycles. The fraction of sp³-hybridized carbons (Fsp3) is 0.235. The molecule has 27 heavy (non-hydrogen) atoms. The summed E-state index contributed by atoms with van der Waals surface area (Å²) in [5, 5.41) is 4.33. The van der Waals surface area contributed by atoms with Gasteiger partial charge in [0.25, 0.3) is 11.4 Å². The van der Waals surface area contributed by atoms with Crippen molar-refractivity contribution >= 4 is 17.7 Å². The number of aryl methyl sites for hydroxylation is 1. The van der Waals surface area contributed by atoms with Crippen LogP contribution in [0.5, 0.6) is 0 Å². The van der Waals surface area contributed by atoms with Crippen LogP contribution < -0.4 is 5.56 Å². The fourth-order valence-electron chi connectivity index (χ4n) is 2.53. The minimum atomic E-state index is -0.819. The van der Waals surface area contributed by atoms with E-state index in [0.717, 1.165) is 5.75 Å². The molecule has 0 fully saturated rings. The van der Waals surface area contributed by atoms with Crippen molar-refractivity contribution in [3.8, 4) is 11.4 Å². The van der Waals surface area contributed by atoms with Crippen LogP contribution >= 0.6 is 11.8 Å². The lowest BCUT2D eigenvalue weighted by atomic mass is 10.1. The Bertz CT molecular complexity index is 1090. The maximum Gasteiger partial charge on any atom is 0.345 e. The number of esters is 1. The van der Waals surface area contributed by atoms with E-state index in [2.05, 4.69) is 15.1 Å². The van der Waals surface area contributed by atoms with Crippen LogP contribution in [0.25, 0.3) is 11.4 Å². The van der Waals surface area contributed by atoms with E-state index in [0.29, 0.717) is 22.8 Å². The Hall–Kier alpha value is -3.01. The van der Waals surface area contributed by atoms with Gasteiger partial charge in [-0.1, -0.05) is 29.1 Å². The van der Waals surface area contributed by atoms with Crippen molar-refractivity contribution in [1.82, 2.24) is 19.7 Å². The van der Waals surface area contributed by atoms with E-state index in [1.165, 1.54) is 28.6 Å². The summed E-state index contributed by atoms with van der Waals surface area (Å²) in [5.41, 5.74) is 0.361. The standard InChI is InChI=1S/C17H13FN4O4S/c1-9-2-3-10(6-12(9)18)14-20-13(26-21-14)8-25-16(24)11-7-19-17-22(15(11)23)4-5-27-17/h2-3,6-7H,4-5,8H2,1H3. The van der Waals surface area contributed by atoms with Crippen molar-refractivity contribution in [2.75, 3.05) is 5.75 Å². The number of carbonyl (C=O) groups excluding carboxylic acids is 1. The molecule has 1 aromatic carbocycles. The van der Waals surface area contributed by atoms with Crippen LogP contribution in [0, 0.1) is 12.7 Å². The van der Waals surface area contributed by atoms with Gasteiger partial charge >= 0.3 is 5.97 Å². The second-order valence-corrected chi connectivity index (χ2v) is 6.87. The Kier molecular flexibility index (Phi) is 4.48. The molecule has 3 aromatic rings. The van der Waals surface area contributed by atoms with Gasteiger partial charge in [-0.2, -0.15) is 4.98 Å². The van der Waals surface area contributed by atoms with E-state index >= 15 is 0 Å². The number of aromatic nitrogens is 4. The van der Waals surface area contributed by atoms with Crippen molar-refractivity contribution in [1.29, 1.82) is 0 Å². The van der Waals surface area contributed by atoms with Gasteiger partial charge in [0.1, 0.15) is 11.4 Å². The van der Waals surface area contributed by atoms with E-state index in [1.807, 2.05) is 0 Å². The van der Waals surface area contributed by atoms with Gasteiger partial charge in [0.2, 0.25) is 5.82 Å². The van der Waals surface area contributed by atoms with Gasteiger partial charge < -0.3 is 9.26 Å². The van der Waals surface area contributed by atoms with Gasteiger partial charge in [-0.25, -0.2) is 14.2 Å². The molecule has 8 nitrogen and oxygen atoms in total. The van der Waals surface area contributed by atoms with Crippen molar-refractivity contribution in [2.45, 2.75) is 25.2 Å². The highest BCUT2D eigenvalue weighted by Gasteiger charge is 2.21. The van der Waals surface area contributed by atoms with Crippen LogP contribution in [0.3, 0.4) is 0 Å². The van der Waals surface area contributed by atoms with Crippen LogP contribution in [-0.4, -0.2) is 31.4 Å². The summed E-state index contributed by atoms with van der Waals surface area (Å²) >= 11 is 1.45. The second kappa shape index (κ2) is 6.95. The minimum absolute atomic E-state index is 0.0316. The third-order valence-corrected chi connectivity index (χ3v) is 4.97. The average molecular weight is 388 g/mol. The lowest BCUT2D eigenvalue weighted by Gasteiger charge is -2.04. The highest BCUT2D eigenvalue weighted by Crippen LogP contribution is 2.21. The predicted octanol–water partition coefficient (Wildman–Crippen LogP) is 2.20. The molecule has 2 aromatic heterocycles. The van der Waals surface area contributed by atoms with E-state index in [-0.39, 0.29) is 29.7 Å². The molecule has 10 heteroatoms. The van der Waals surface area contributed by atoms with Crippen molar-refractivity contribution in [3.63, 3.8) is 0 Å². The number of rotatable bonds is 4. The number of halogens is 1. The average Bonchev–Trinajstić information content (AvgIpc) is 3.32. The van der Waals surface area contributed by atoms with Crippen LogP contribution in [0.15, 0.2) is 38.9 Å². The molecule has 0 spiro atoms. The summed E-state index contributed by atoms with van der Waals surface area (Å²) in [7, 11) is 0. The molecule has 0 saturated carbocycles. The first kappa shape index (κ1) is 17.4. The smallest absolute Gasteiger partial charge is 0.345 e. The fourth-order valence-corrected chi connectivity index (χ4v) is 3.44. The van der Waals surface area contributed by atoms with Gasteiger partial charge in [0.05, 0.1) is 6.20 Å². The molecule has 1 aliphatic rings. The predicted molar refractivity (Wildman–Crippen MR) is 92.8 cm³/mol. The summed E-state index contributed by atoms with van der Waals surface area (Å²) in [6.45, 7) is 1.85. The third kappa shape index (κ3) is 3.35. The minimum Gasteiger partial charge on any atom is -0.452 e. The molecular formula is C17H13FN4O4S. The van der Waals surface area contributed by atoms with Crippen LogP contribution in [-0.2, 0) is 17.9 Å². The zero-order chi connectivity index (χ0) is 19.0. The first-order chi connectivity index (χ1) is 13.0. The highest BCUT2D eigenvalue weighted by atomic mass is 32.2. The van der Waals surface area contributed by atoms with Gasteiger partial charge in [0.15, 0.2) is 11.8 Å². The van der Waals surface area contributed by atoms with E-state index < -0.39 is 11.5 Å². The Morgan fingerprint density at radius 2 is 2.30 bits per heavy atom. The highest BCUT2D eigenvalue weighted by molar-refractivity contribution is 7.99. The summed E-state index contributed by atoms with van der Waals surface area (Å²) in [4.78, 5) is 32.6. The van der Waals surface area contributed by atoms with Crippen LogP contribution in [0.1, 0.15) is 21.8 Å². The van der Waals surface area contributed by atoms with E-state index in [9.17, 15) is 14.0 Å². The molecule has 0 amide bonds. The van der Waals surface area contributed by atoms with Gasteiger partial charge in [0, 0.05) is 17.9 Å². The first-order valence-electron chi connectivity index (χ1n) is 8.02. The molecule has 0 N–H and O–H groups in total. The summed E-state index contributed by atoms with van der Waals surface area (Å²) in [5.74, 6) is -0.250. The van der Waals surface area contributed by atoms with Gasteiger partial charge in [-0.05, 0) is 18.6 Å². The normalized spacial score (nSPS) is 12.8. The molecule has 0 saturated heterocycles. The Labute approximate surface area is 156 Å². The van der Waals surface area contributed by atoms with Crippen molar-refractivity contribution in [3.05, 3.63) is 57.6 Å². The van der Waals surface area contributed by atoms with E-state index in [1.54, 1.807) is 19.1 Å². The number of nitrogens with zero attached hydrogens (tertiary/aromatic N) is 4. The lowest BCUT2D eigenvalue weighted by Crippen LogP contribution is -2.27. The lowest BCUT2D eigenvalue weighted by molar-refractivity contribution is 0.0426. The topological polar surface area (TPSA) is 100 Å². The monoisotopic (exact) mass is 388 g/mol. The third-order valence-electron chi connectivity index (χ3n) is 4.00. The maximum atomic E-state index is 13.7. The quantitative estimate of drug-likeness (QED) is 0.495. The molecule has 0 aliphatic carbocycles. The molecule has 0 bridgehead atoms. The molecule has 4 rings (SSSR count). The van der Waals surface area contributed by atoms with Crippen LogP contribution in [0.2, 0.25) is 0 Å². The molecular weight excluding hydrogens is 375 g/mol.